The lowest BCUT2D eigenvalue weighted by Crippen LogP contribution is -2.44. The summed E-state index contributed by atoms with van der Waals surface area (Å²) in [6, 6.07) is 3.42. The summed E-state index contributed by atoms with van der Waals surface area (Å²) in [4.78, 5) is 14.2. The van der Waals surface area contributed by atoms with E-state index in [1.165, 1.54) is 11.4 Å². The van der Waals surface area contributed by atoms with E-state index >= 15 is 0 Å². The number of sulfonamides is 1. The van der Waals surface area contributed by atoms with Gasteiger partial charge in [-0.2, -0.15) is 4.31 Å². The van der Waals surface area contributed by atoms with Gasteiger partial charge in [-0.25, -0.2) is 8.42 Å². The SMILES string of the molecule is C#CC(C)(C)N(C)S(=O)(=O)c1cc2c3c(c1)CCC(=O)N3CCC2. The lowest BCUT2D eigenvalue weighted by molar-refractivity contribution is -0.119. The Morgan fingerprint density at radius 3 is 2.46 bits per heavy atom. The van der Waals surface area contributed by atoms with Crippen LogP contribution in [0, 0.1) is 12.3 Å². The van der Waals surface area contributed by atoms with Crippen LogP contribution in [-0.2, 0) is 27.7 Å². The Balaban J connectivity index is 2.12. The standard InChI is InChI=1S/C18H22N2O3S/c1-5-18(2,3)19(4)24(22,23)15-11-13-7-6-10-20-16(21)9-8-14(12-15)17(13)20/h1,11-12H,6-10H2,2-4H3. The second-order valence-electron chi connectivity index (χ2n) is 6.91. The van der Waals surface area contributed by atoms with Crippen LogP contribution in [0.15, 0.2) is 17.0 Å². The van der Waals surface area contributed by atoms with E-state index in [4.69, 9.17) is 6.42 Å². The van der Waals surface area contributed by atoms with Gasteiger partial charge in [-0.05, 0) is 56.4 Å². The van der Waals surface area contributed by atoms with Crippen LogP contribution in [-0.4, -0.2) is 37.8 Å². The van der Waals surface area contributed by atoms with Crippen molar-refractivity contribution in [2.45, 2.75) is 50.0 Å². The first-order chi connectivity index (χ1) is 11.2. The minimum atomic E-state index is -3.69. The third-order valence-corrected chi connectivity index (χ3v) is 7.06. The van der Waals surface area contributed by atoms with Gasteiger partial charge in [0.25, 0.3) is 0 Å². The van der Waals surface area contributed by atoms with Crippen molar-refractivity contribution in [1.82, 2.24) is 4.31 Å². The molecule has 0 aliphatic carbocycles. The van der Waals surface area contributed by atoms with Crippen molar-refractivity contribution in [3.8, 4) is 12.3 Å². The number of nitrogens with zero attached hydrogens (tertiary/aromatic N) is 2. The first kappa shape index (κ1) is 17.0. The van der Waals surface area contributed by atoms with E-state index in [2.05, 4.69) is 5.92 Å². The van der Waals surface area contributed by atoms with Crippen molar-refractivity contribution in [3.63, 3.8) is 0 Å². The molecule has 5 nitrogen and oxygen atoms in total. The Morgan fingerprint density at radius 1 is 1.21 bits per heavy atom. The Bertz CT molecular complexity index is 833. The second kappa shape index (κ2) is 5.61. The van der Waals surface area contributed by atoms with Gasteiger partial charge in [-0.1, -0.05) is 5.92 Å². The zero-order chi connectivity index (χ0) is 17.7. The van der Waals surface area contributed by atoms with Gasteiger partial charge >= 0.3 is 0 Å². The number of rotatable bonds is 3. The van der Waals surface area contributed by atoms with Gasteiger partial charge in [-0.15, -0.1) is 6.42 Å². The van der Waals surface area contributed by atoms with Crippen LogP contribution in [0.2, 0.25) is 0 Å². The van der Waals surface area contributed by atoms with Crippen LogP contribution in [0.5, 0.6) is 0 Å². The van der Waals surface area contributed by atoms with Crippen molar-refractivity contribution in [1.29, 1.82) is 0 Å². The Morgan fingerprint density at radius 2 is 1.83 bits per heavy atom. The summed E-state index contributed by atoms with van der Waals surface area (Å²) in [5.74, 6) is 2.66. The van der Waals surface area contributed by atoms with Gasteiger partial charge in [0.2, 0.25) is 15.9 Å². The lowest BCUT2D eigenvalue weighted by atomic mass is 9.92. The van der Waals surface area contributed by atoms with Crippen LogP contribution in [0.1, 0.15) is 37.8 Å². The molecule has 1 amide bonds. The maximum atomic E-state index is 13.0. The molecule has 2 aliphatic rings. The number of carbonyl (C=O) groups is 1. The Labute approximate surface area is 143 Å². The van der Waals surface area contributed by atoms with Crippen molar-refractivity contribution < 1.29 is 13.2 Å². The van der Waals surface area contributed by atoms with Crippen LogP contribution >= 0.6 is 0 Å². The number of terminal acetylenes is 1. The average Bonchev–Trinajstić information content (AvgIpc) is 2.57. The smallest absolute Gasteiger partial charge is 0.244 e. The number of benzene rings is 1. The average molecular weight is 346 g/mol. The molecule has 0 saturated carbocycles. The summed E-state index contributed by atoms with van der Waals surface area (Å²) >= 11 is 0. The number of hydrogen-bond acceptors (Lipinski definition) is 3. The van der Waals surface area contributed by atoms with Crippen molar-refractivity contribution in [2.24, 2.45) is 0 Å². The largest absolute Gasteiger partial charge is 0.312 e. The number of hydrogen-bond donors (Lipinski definition) is 0. The quantitative estimate of drug-likeness (QED) is 0.786. The first-order valence-electron chi connectivity index (χ1n) is 8.11. The molecular formula is C18H22N2O3S. The molecule has 2 aliphatic heterocycles. The molecule has 0 aromatic heterocycles. The lowest BCUT2D eigenvalue weighted by Gasteiger charge is -2.36. The predicted octanol–water partition coefficient (Wildman–Crippen LogP) is 1.94. The topological polar surface area (TPSA) is 57.7 Å². The van der Waals surface area contributed by atoms with Crippen molar-refractivity contribution in [3.05, 3.63) is 23.3 Å². The van der Waals surface area contributed by atoms with E-state index < -0.39 is 15.6 Å². The van der Waals surface area contributed by atoms with E-state index in [1.807, 2.05) is 4.90 Å². The minimum absolute atomic E-state index is 0.129. The van der Waals surface area contributed by atoms with Gasteiger partial charge in [-0.3, -0.25) is 4.79 Å². The zero-order valence-corrected chi connectivity index (χ0v) is 15.1. The van der Waals surface area contributed by atoms with E-state index in [0.29, 0.717) is 12.8 Å². The van der Waals surface area contributed by atoms with Gasteiger partial charge in [0.05, 0.1) is 16.1 Å². The molecule has 0 bridgehead atoms. The van der Waals surface area contributed by atoms with Crippen molar-refractivity contribution >= 4 is 21.6 Å². The molecule has 6 heteroatoms. The highest BCUT2D eigenvalue weighted by Gasteiger charge is 2.35. The van der Waals surface area contributed by atoms with Gasteiger partial charge in [0.15, 0.2) is 0 Å². The fraction of sp³-hybridized carbons (Fsp3) is 0.500. The molecule has 24 heavy (non-hydrogen) atoms. The summed E-state index contributed by atoms with van der Waals surface area (Å²) in [5.41, 5.74) is 1.90. The number of aryl methyl sites for hydroxylation is 2. The summed E-state index contributed by atoms with van der Waals surface area (Å²) < 4.78 is 27.2. The molecule has 3 rings (SSSR count). The molecule has 0 fully saturated rings. The van der Waals surface area contributed by atoms with Crippen LogP contribution in [0.4, 0.5) is 5.69 Å². The molecule has 128 valence electrons. The highest BCUT2D eigenvalue weighted by atomic mass is 32.2. The molecule has 2 heterocycles. The third-order valence-electron chi connectivity index (χ3n) is 5.05. The number of carbonyl (C=O) groups excluding carboxylic acids is 1. The Hall–Kier alpha value is -1.84. The fourth-order valence-electron chi connectivity index (χ4n) is 3.32. The van der Waals surface area contributed by atoms with Crippen LogP contribution in [0.25, 0.3) is 0 Å². The van der Waals surface area contributed by atoms with E-state index in [0.717, 1.165) is 36.2 Å². The molecule has 0 atom stereocenters. The van der Waals surface area contributed by atoms with E-state index in [1.54, 1.807) is 26.0 Å². The zero-order valence-electron chi connectivity index (χ0n) is 14.3. The molecule has 0 saturated heterocycles. The fourth-order valence-corrected chi connectivity index (χ4v) is 4.87. The van der Waals surface area contributed by atoms with E-state index in [-0.39, 0.29) is 10.8 Å². The molecule has 0 unspecified atom stereocenters. The van der Waals surface area contributed by atoms with Crippen LogP contribution < -0.4 is 4.90 Å². The van der Waals surface area contributed by atoms with Gasteiger partial charge < -0.3 is 4.90 Å². The third kappa shape index (κ3) is 2.52. The minimum Gasteiger partial charge on any atom is -0.312 e. The maximum absolute atomic E-state index is 13.0. The van der Waals surface area contributed by atoms with Crippen molar-refractivity contribution in [2.75, 3.05) is 18.5 Å². The maximum Gasteiger partial charge on any atom is 0.244 e. The molecular weight excluding hydrogens is 324 g/mol. The first-order valence-corrected chi connectivity index (χ1v) is 9.55. The summed E-state index contributed by atoms with van der Waals surface area (Å²) in [6.45, 7) is 4.12. The monoisotopic (exact) mass is 346 g/mol. The summed E-state index contributed by atoms with van der Waals surface area (Å²) in [7, 11) is -2.18. The van der Waals surface area contributed by atoms with Gasteiger partial charge in [0, 0.05) is 20.0 Å². The van der Waals surface area contributed by atoms with Gasteiger partial charge in [0.1, 0.15) is 0 Å². The number of anilines is 1. The Kier molecular flexibility index (Phi) is 3.97. The summed E-state index contributed by atoms with van der Waals surface area (Å²) in [5, 5.41) is 0. The molecule has 1 aromatic rings. The highest BCUT2D eigenvalue weighted by molar-refractivity contribution is 7.89. The predicted molar refractivity (Wildman–Crippen MR) is 93.3 cm³/mol. The summed E-state index contributed by atoms with van der Waals surface area (Å²) in [6.07, 6.45) is 8.15. The highest BCUT2D eigenvalue weighted by Crippen LogP contribution is 2.38. The second-order valence-corrected chi connectivity index (χ2v) is 8.88. The molecule has 0 spiro atoms. The van der Waals surface area contributed by atoms with Crippen LogP contribution in [0.3, 0.4) is 0 Å². The number of amides is 1. The van der Waals surface area contributed by atoms with E-state index in [9.17, 15) is 13.2 Å². The normalized spacial score (nSPS) is 17.6. The molecule has 0 radical (unpaired) electrons. The molecule has 0 N–H and O–H groups in total. The molecule has 1 aromatic carbocycles.